The second kappa shape index (κ2) is 5.02. The second-order valence-electron chi connectivity index (χ2n) is 3.69. The Morgan fingerprint density at radius 2 is 1.94 bits per heavy atom. The third-order valence-electron chi connectivity index (χ3n) is 2.35. The van der Waals surface area contributed by atoms with Crippen molar-refractivity contribution in [3.05, 3.63) is 58.6 Å². The summed E-state index contributed by atoms with van der Waals surface area (Å²) in [7, 11) is 0. The summed E-state index contributed by atoms with van der Waals surface area (Å²) in [6.45, 7) is 1.98. The molecule has 17 heavy (non-hydrogen) atoms. The van der Waals surface area contributed by atoms with Crippen molar-refractivity contribution >= 4 is 17.9 Å². The van der Waals surface area contributed by atoms with Crippen LogP contribution in [0.5, 0.6) is 11.5 Å². The average Bonchev–Trinajstić information content (AvgIpc) is 2.29. The average molecular weight is 247 g/mol. The van der Waals surface area contributed by atoms with E-state index in [-0.39, 0.29) is 0 Å². The summed E-state index contributed by atoms with van der Waals surface area (Å²) in [6.07, 6.45) is 0.702. The van der Waals surface area contributed by atoms with Crippen LogP contribution >= 0.6 is 11.6 Å². The molecule has 0 spiro atoms. The molecule has 0 saturated carbocycles. The van der Waals surface area contributed by atoms with E-state index >= 15 is 0 Å². The number of rotatable bonds is 3. The van der Waals surface area contributed by atoms with Crippen molar-refractivity contribution < 1.29 is 9.53 Å². The molecule has 0 saturated heterocycles. The summed E-state index contributed by atoms with van der Waals surface area (Å²) in [5.74, 6) is 1.16. The van der Waals surface area contributed by atoms with Crippen LogP contribution in [-0.2, 0) is 0 Å². The van der Waals surface area contributed by atoms with Crippen molar-refractivity contribution in [3.8, 4) is 11.5 Å². The van der Waals surface area contributed by atoms with E-state index in [4.69, 9.17) is 16.3 Å². The number of aryl methyl sites for hydroxylation is 1. The highest BCUT2D eigenvalue weighted by Crippen LogP contribution is 2.29. The molecule has 3 heteroatoms. The van der Waals surface area contributed by atoms with Gasteiger partial charge in [-0.1, -0.05) is 29.8 Å². The Morgan fingerprint density at radius 3 is 2.65 bits per heavy atom. The fourth-order valence-corrected chi connectivity index (χ4v) is 1.74. The highest BCUT2D eigenvalue weighted by Gasteiger charge is 2.07. The lowest BCUT2D eigenvalue weighted by molar-refractivity contribution is 0.112. The van der Waals surface area contributed by atoms with Gasteiger partial charge in [-0.25, -0.2) is 0 Å². The molecular weight excluding hydrogens is 236 g/mol. The SMILES string of the molecule is Cc1cccc(Oc2cccc(Cl)c2C=O)c1. The molecule has 0 aromatic heterocycles. The lowest BCUT2D eigenvalue weighted by Crippen LogP contribution is -1.91. The van der Waals surface area contributed by atoms with Crippen molar-refractivity contribution in [1.82, 2.24) is 0 Å². The Hall–Kier alpha value is -1.80. The van der Waals surface area contributed by atoms with Gasteiger partial charge >= 0.3 is 0 Å². The van der Waals surface area contributed by atoms with Crippen LogP contribution < -0.4 is 4.74 Å². The number of aldehydes is 1. The number of carbonyl (C=O) groups excluding carboxylic acids is 1. The highest BCUT2D eigenvalue weighted by molar-refractivity contribution is 6.33. The fourth-order valence-electron chi connectivity index (χ4n) is 1.53. The number of hydrogen-bond donors (Lipinski definition) is 0. The Labute approximate surface area is 105 Å². The number of benzene rings is 2. The quantitative estimate of drug-likeness (QED) is 0.757. The van der Waals surface area contributed by atoms with Crippen LogP contribution in [0, 0.1) is 6.92 Å². The van der Waals surface area contributed by atoms with E-state index in [1.54, 1.807) is 18.2 Å². The van der Waals surface area contributed by atoms with Crippen molar-refractivity contribution in [3.63, 3.8) is 0 Å². The van der Waals surface area contributed by atoms with Gasteiger partial charge in [0, 0.05) is 0 Å². The highest BCUT2D eigenvalue weighted by atomic mass is 35.5. The van der Waals surface area contributed by atoms with Gasteiger partial charge in [0.2, 0.25) is 0 Å². The second-order valence-corrected chi connectivity index (χ2v) is 4.10. The van der Waals surface area contributed by atoms with Gasteiger partial charge in [-0.15, -0.1) is 0 Å². The zero-order valence-corrected chi connectivity index (χ0v) is 10.1. The van der Waals surface area contributed by atoms with Gasteiger partial charge in [-0.2, -0.15) is 0 Å². The van der Waals surface area contributed by atoms with Crippen LogP contribution in [0.15, 0.2) is 42.5 Å². The molecule has 0 amide bonds. The first-order valence-corrected chi connectivity index (χ1v) is 5.56. The largest absolute Gasteiger partial charge is 0.457 e. The van der Waals surface area contributed by atoms with Crippen molar-refractivity contribution in [2.45, 2.75) is 6.92 Å². The van der Waals surface area contributed by atoms with Gasteiger partial charge in [-0.3, -0.25) is 4.79 Å². The summed E-state index contributed by atoms with van der Waals surface area (Å²) in [5, 5.41) is 0.394. The first-order chi connectivity index (χ1) is 8.20. The Kier molecular flexibility index (Phi) is 3.45. The minimum Gasteiger partial charge on any atom is -0.457 e. The van der Waals surface area contributed by atoms with Gasteiger partial charge in [0.1, 0.15) is 11.5 Å². The van der Waals surface area contributed by atoms with Gasteiger partial charge in [0.05, 0.1) is 10.6 Å². The predicted octanol–water partition coefficient (Wildman–Crippen LogP) is 4.25. The maximum absolute atomic E-state index is 10.9. The van der Waals surface area contributed by atoms with Crippen LogP contribution in [0.2, 0.25) is 5.02 Å². The van der Waals surface area contributed by atoms with E-state index in [0.717, 1.165) is 5.56 Å². The first-order valence-electron chi connectivity index (χ1n) is 5.19. The number of carbonyl (C=O) groups is 1. The standard InChI is InChI=1S/C14H11ClO2/c1-10-4-2-5-11(8-10)17-14-7-3-6-13(15)12(14)9-16/h2-9H,1H3. The van der Waals surface area contributed by atoms with E-state index in [0.29, 0.717) is 28.4 Å². The molecule has 0 bridgehead atoms. The maximum Gasteiger partial charge on any atom is 0.155 e. The third kappa shape index (κ3) is 2.66. The molecular formula is C14H11ClO2. The first kappa shape index (κ1) is 11.7. The fraction of sp³-hybridized carbons (Fsp3) is 0.0714. The molecule has 0 aliphatic rings. The lowest BCUT2D eigenvalue weighted by atomic mass is 10.2. The third-order valence-corrected chi connectivity index (χ3v) is 2.68. The van der Waals surface area contributed by atoms with Crippen LogP contribution in [0.4, 0.5) is 0 Å². The van der Waals surface area contributed by atoms with Gasteiger partial charge in [0.25, 0.3) is 0 Å². The van der Waals surface area contributed by atoms with Gasteiger partial charge in [-0.05, 0) is 36.8 Å². The molecule has 2 aromatic carbocycles. The summed E-state index contributed by atoms with van der Waals surface area (Å²) < 4.78 is 5.65. The van der Waals surface area contributed by atoms with Crippen LogP contribution in [-0.4, -0.2) is 6.29 Å². The molecule has 2 nitrogen and oxygen atoms in total. The predicted molar refractivity (Wildman–Crippen MR) is 68.1 cm³/mol. The normalized spacial score (nSPS) is 10.0. The number of halogens is 1. The van der Waals surface area contributed by atoms with Gasteiger partial charge in [0.15, 0.2) is 6.29 Å². The molecule has 0 radical (unpaired) electrons. The van der Waals surface area contributed by atoms with E-state index in [2.05, 4.69) is 0 Å². The zero-order valence-electron chi connectivity index (χ0n) is 9.31. The van der Waals surface area contributed by atoms with Gasteiger partial charge < -0.3 is 4.74 Å². The van der Waals surface area contributed by atoms with Crippen molar-refractivity contribution in [2.75, 3.05) is 0 Å². The van der Waals surface area contributed by atoms with Crippen molar-refractivity contribution in [1.29, 1.82) is 0 Å². The maximum atomic E-state index is 10.9. The Balaban J connectivity index is 2.36. The van der Waals surface area contributed by atoms with E-state index in [1.807, 2.05) is 31.2 Å². The molecule has 86 valence electrons. The van der Waals surface area contributed by atoms with Crippen LogP contribution in [0.3, 0.4) is 0 Å². The summed E-state index contributed by atoms with van der Waals surface area (Å²) in [6, 6.07) is 12.7. The molecule has 0 fully saturated rings. The topological polar surface area (TPSA) is 26.3 Å². The molecule has 0 aliphatic carbocycles. The number of ether oxygens (including phenoxy) is 1. The molecule has 2 aromatic rings. The minimum atomic E-state index is 0.371. The smallest absolute Gasteiger partial charge is 0.155 e. The Morgan fingerprint density at radius 1 is 1.18 bits per heavy atom. The molecule has 0 aliphatic heterocycles. The summed E-state index contributed by atoms with van der Waals surface area (Å²) in [5.41, 5.74) is 1.47. The van der Waals surface area contributed by atoms with E-state index in [1.165, 1.54) is 0 Å². The lowest BCUT2D eigenvalue weighted by Gasteiger charge is -2.09. The molecule has 0 heterocycles. The molecule has 0 atom stereocenters. The molecule has 0 N–H and O–H groups in total. The minimum absolute atomic E-state index is 0.371. The molecule has 2 rings (SSSR count). The van der Waals surface area contributed by atoms with Crippen LogP contribution in [0.25, 0.3) is 0 Å². The van der Waals surface area contributed by atoms with Crippen molar-refractivity contribution in [2.24, 2.45) is 0 Å². The van der Waals surface area contributed by atoms with E-state index in [9.17, 15) is 4.79 Å². The molecule has 0 unspecified atom stereocenters. The van der Waals surface area contributed by atoms with Crippen LogP contribution in [0.1, 0.15) is 15.9 Å². The summed E-state index contributed by atoms with van der Waals surface area (Å²) >= 11 is 5.92. The zero-order chi connectivity index (χ0) is 12.3. The monoisotopic (exact) mass is 246 g/mol. The summed E-state index contributed by atoms with van der Waals surface area (Å²) in [4.78, 5) is 10.9. The van der Waals surface area contributed by atoms with E-state index < -0.39 is 0 Å². The Bertz CT molecular complexity index is 550. The number of hydrogen-bond acceptors (Lipinski definition) is 2.